The summed E-state index contributed by atoms with van der Waals surface area (Å²) < 4.78 is 58.2. The molecule has 2 amide bonds. The highest BCUT2D eigenvalue weighted by atomic mass is 32.1. The van der Waals surface area contributed by atoms with Crippen molar-refractivity contribution in [3.8, 4) is 11.6 Å². The van der Waals surface area contributed by atoms with Crippen LogP contribution in [0.4, 0.5) is 28.4 Å². The number of anilines is 2. The Morgan fingerprint density at radius 3 is 2.46 bits per heavy atom. The zero-order valence-corrected chi connectivity index (χ0v) is 19.8. The van der Waals surface area contributed by atoms with Crippen molar-refractivity contribution in [3.63, 3.8) is 0 Å². The van der Waals surface area contributed by atoms with E-state index in [1.54, 1.807) is 12.1 Å². The van der Waals surface area contributed by atoms with Gasteiger partial charge in [0.2, 0.25) is 17.7 Å². The van der Waals surface area contributed by atoms with Crippen molar-refractivity contribution in [2.45, 2.75) is 25.4 Å². The smallest absolute Gasteiger partial charge is 0.416 e. The third-order valence-electron chi connectivity index (χ3n) is 5.49. The first-order valence-corrected chi connectivity index (χ1v) is 12.0. The SMILES string of the molecule is O=C(Cc1ccc(C(F)(F)F)cc1)Nc1cc(Oc2ccc3nc(NC(=O)C4CC4)sc3n2)ccc1F. The van der Waals surface area contributed by atoms with E-state index >= 15 is 0 Å². The van der Waals surface area contributed by atoms with Crippen LogP contribution < -0.4 is 15.4 Å². The Bertz CT molecular complexity index is 1480. The molecule has 12 heteroatoms. The highest BCUT2D eigenvalue weighted by Gasteiger charge is 2.31. The number of carbonyl (C=O) groups is 2. The van der Waals surface area contributed by atoms with Gasteiger partial charge >= 0.3 is 6.18 Å². The maximum Gasteiger partial charge on any atom is 0.416 e. The number of carbonyl (C=O) groups excluding carboxylic acids is 2. The van der Waals surface area contributed by atoms with Crippen molar-refractivity contribution in [1.82, 2.24) is 9.97 Å². The molecule has 0 unspecified atom stereocenters. The predicted octanol–water partition coefficient (Wildman–Crippen LogP) is 6.17. The maximum atomic E-state index is 14.3. The van der Waals surface area contributed by atoms with Crippen molar-refractivity contribution in [3.05, 3.63) is 71.5 Å². The number of alkyl halides is 3. The van der Waals surface area contributed by atoms with E-state index in [0.717, 1.165) is 31.0 Å². The Morgan fingerprint density at radius 1 is 1.00 bits per heavy atom. The summed E-state index contributed by atoms with van der Waals surface area (Å²) in [7, 11) is 0. The van der Waals surface area contributed by atoms with Crippen LogP contribution in [0.2, 0.25) is 0 Å². The highest BCUT2D eigenvalue weighted by molar-refractivity contribution is 7.21. The van der Waals surface area contributed by atoms with E-state index < -0.39 is 23.5 Å². The molecule has 0 spiro atoms. The normalized spacial score (nSPS) is 13.4. The van der Waals surface area contributed by atoms with Gasteiger partial charge in [-0.3, -0.25) is 9.59 Å². The topological polar surface area (TPSA) is 93.2 Å². The minimum atomic E-state index is -4.47. The zero-order valence-electron chi connectivity index (χ0n) is 18.9. The van der Waals surface area contributed by atoms with Crippen LogP contribution >= 0.6 is 11.3 Å². The van der Waals surface area contributed by atoms with Crippen LogP contribution in [0, 0.1) is 11.7 Å². The fraction of sp³-hybridized carbons (Fsp3) is 0.200. The molecule has 4 aromatic rings. The maximum absolute atomic E-state index is 14.3. The van der Waals surface area contributed by atoms with Gasteiger partial charge in [-0.05, 0) is 48.7 Å². The van der Waals surface area contributed by atoms with Gasteiger partial charge in [-0.1, -0.05) is 23.5 Å². The van der Waals surface area contributed by atoms with Crippen LogP contribution in [0.1, 0.15) is 24.0 Å². The molecule has 0 aliphatic heterocycles. The average molecular weight is 531 g/mol. The van der Waals surface area contributed by atoms with Gasteiger partial charge in [-0.2, -0.15) is 13.2 Å². The fourth-order valence-corrected chi connectivity index (χ4v) is 4.27. The Balaban J connectivity index is 1.25. The van der Waals surface area contributed by atoms with Crippen LogP contribution in [-0.4, -0.2) is 21.8 Å². The van der Waals surface area contributed by atoms with E-state index in [2.05, 4.69) is 20.6 Å². The number of aromatic nitrogens is 2. The monoisotopic (exact) mass is 530 g/mol. The molecule has 37 heavy (non-hydrogen) atoms. The summed E-state index contributed by atoms with van der Waals surface area (Å²) in [5.41, 5.74) is -0.0536. The first-order chi connectivity index (χ1) is 17.6. The number of pyridine rings is 1. The molecule has 1 aliphatic carbocycles. The zero-order chi connectivity index (χ0) is 26.2. The summed E-state index contributed by atoms with van der Waals surface area (Å²) in [5, 5.41) is 5.63. The molecule has 0 radical (unpaired) electrons. The molecular formula is C25H18F4N4O3S. The molecule has 5 rings (SSSR count). The summed E-state index contributed by atoms with van der Waals surface area (Å²) in [5.74, 6) is -0.942. The summed E-state index contributed by atoms with van der Waals surface area (Å²) in [6.07, 6.45) is -2.96. The van der Waals surface area contributed by atoms with E-state index in [1.807, 2.05) is 0 Å². The molecule has 1 fully saturated rings. The first kappa shape index (κ1) is 24.6. The molecule has 2 heterocycles. The van der Waals surface area contributed by atoms with Crippen molar-refractivity contribution >= 4 is 44.3 Å². The Hall–Kier alpha value is -4.06. The lowest BCUT2D eigenvalue weighted by molar-refractivity contribution is -0.137. The van der Waals surface area contributed by atoms with E-state index in [4.69, 9.17) is 4.74 Å². The van der Waals surface area contributed by atoms with E-state index in [0.29, 0.717) is 21.0 Å². The number of thiazole rings is 1. The number of nitrogens with one attached hydrogen (secondary N) is 2. The van der Waals surface area contributed by atoms with Crippen molar-refractivity contribution in [1.29, 1.82) is 0 Å². The van der Waals surface area contributed by atoms with Gasteiger partial charge in [0.1, 0.15) is 21.9 Å². The Morgan fingerprint density at radius 2 is 1.76 bits per heavy atom. The van der Waals surface area contributed by atoms with Gasteiger partial charge < -0.3 is 15.4 Å². The first-order valence-electron chi connectivity index (χ1n) is 11.2. The van der Waals surface area contributed by atoms with Gasteiger partial charge in [0.15, 0.2) is 5.13 Å². The molecule has 2 N–H and O–H groups in total. The van der Waals surface area contributed by atoms with Gasteiger partial charge in [0, 0.05) is 18.1 Å². The number of benzene rings is 2. The molecule has 1 aliphatic rings. The minimum absolute atomic E-state index is 0.0435. The van der Waals surface area contributed by atoms with Gasteiger partial charge in [0.05, 0.1) is 17.7 Å². The van der Waals surface area contributed by atoms with Crippen molar-refractivity contribution < 1.29 is 31.9 Å². The lowest BCUT2D eigenvalue weighted by Gasteiger charge is -2.10. The molecule has 2 aromatic carbocycles. The third kappa shape index (κ3) is 6.02. The number of amides is 2. The lowest BCUT2D eigenvalue weighted by Crippen LogP contribution is -2.15. The Labute approximate surface area is 211 Å². The number of nitrogens with zero attached hydrogens (tertiary/aromatic N) is 2. The minimum Gasteiger partial charge on any atom is -0.439 e. The summed E-state index contributed by atoms with van der Waals surface area (Å²) in [4.78, 5) is 33.6. The van der Waals surface area contributed by atoms with E-state index in [1.165, 1.54) is 35.6 Å². The molecule has 0 atom stereocenters. The van der Waals surface area contributed by atoms with Gasteiger partial charge in [-0.25, -0.2) is 14.4 Å². The fourth-order valence-electron chi connectivity index (χ4n) is 3.44. The standard InChI is InChI=1S/C25H18F4N4O3S/c26-17-8-7-16(12-19(17)30-20(34)11-13-1-5-15(6-2-13)25(27,28)29)36-21-10-9-18-23(32-21)37-24(31-18)33-22(35)14-3-4-14/h1-2,5-10,12,14H,3-4,11H2,(H,30,34)(H,31,33,35). The molecular weight excluding hydrogens is 512 g/mol. The predicted molar refractivity (Wildman–Crippen MR) is 129 cm³/mol. The number of ether oxygens (including phenoxy) is 1. The second kappa shape index (κ2) is 9.77. The lowest BCUT2D eigenvalue weighted by atomic mass is 10.1. The summed E-state index contributed by atoms with van der Waals surface area (Å²) >= 11 is 1.20. The number of fused-ring (bicyclic) bond motifs is 1. The van der Waals surface area contributed by atoms with Crippen molar-refractivity contribution in [2.24, 2.45) is 5.92 Å². The van der Waals surface area contributed by atoms with Crippen LogP contribution in [-0.2, 0) is 22.2 Å². The average Bonchev–Trinajstić information content (AvgIpc) is 3.62. The Kier molecular flexibility index (Phi) is 6.50. The molecule has 1 saturated carbocycles. The van der Waals surface area contributed by atoms with Crippen LogP contribution in [0.25, 0.3) is 10.3 Å². The molecule has 190 valence electrons. The van der Waals surface area contributed by atoms with Crippen LogP contribution in [0.3, 0.4) is 0 Å². The number of hydrogen-bond acceptors (Lipinski definition) is 6. The van der Waals surface area contributed by atoms with E-state index in [9.17, 15) is 27.2 Å². The van der Waals surface area contributed by atoms with Crippen molar-refractivity contribution in [2.75, 3.05) is 10.6 Å². The van der Waals surface area contributed by atoms with Gasteiger partial charge in [0.25, 0.3) is 0 Å². The largest absolute Gasteiger partial charge is 0.439 e. The molecule has 7 nitrogen and oxygen atoms in total. The van der Waals surface area contributed by atoms with Gasteiger partial charge in [-0.15, -0.1) is 0 Å². The molecule has 0 bridgehead atoms. The number of halogens is 4. The third-order valence-corrected chi connectivity index (χ3v) is 6.37. The van der Waals surface area contributed by atoms with Crippen LogP contribution in [0.15, 0.2) is 54.6 Å². The number of hydrogen-bond donors (Lipinski definition) is 2. The second-order valence-corrected chi connectivity index (χ2v) is 9.40. The van der Waals surface area contributed by atoms with E-state index in [-0.39, 0.29) is 35.6 Å². The summed E-state index contributed by atoms with van der Waals surface area (Å²) in [6, 6.07) is 11.2. The quantitative estimate of drug-likeness (QED) is 0.279. The molecule has 0 saturated heterocycles. The van der Waals surface area contributed by atoms with Crippen LogP contribution in [0.5, 0.6) is 11.6 Å². The number of rotatable bonds is 7. The second-order valence-electron chi connectivity index (χ2n) is 8.42. The molecule has 2 aromatic heterocycles. The summed E-state index contributed by atoms with van der Waals surface area (Å²) in [6.45, 7) is 0. The highest BCUT2D eigenvalue weighted by Crippen LogP contribution is 2.33.